The van der Waals surface area contributed by atoms with E-state index in [9.17, 15) is 13.2 Å². The molecule has 1 aromatic heterocycles. The first-order valence-corrected chi connectivity index (χ1v) is 20.3. The van der Waals surface area contributed by atoms with Crippen LogP contribution in [-0.4, -0.2) is 56.9 Å². The van der Waals surface area contributed by atoms with E-state index in [1.807, 2.05) is 79.0 Å². The minimum absolute atomic E-state index is 0.0115. The molecule has 5 aromatic carbocycles. The van der Waals surface area contributed by atoms with Crippen LogP contribution >= 0.6 is 11.6 Å². The van der Waals surface area contributed by atoms with E-state index < -0.39 is 15.9 Å². The first kappa shape index (κ1) is 35.9. The molecule has 0 bridgehead atoms. The Hall–Kier alpha value is -5.09. The number of benzene rings is 5. The van der Waals surface area contributed by atoms with E-state index in [0.29, 0.717) is 5.75 Å². The maximum Gasteiger partial charge on any atom is 0.268 e. The number of hydrogen-bond acceptors (Lipinski definition) is 6. The van der Waals surface area contributed by atoms with Crippen LogP contribution in [0.2, 0.25) is 5.02 Å². The number of halogens is 1. The van der Waals surface area contributed by atoms with Gasteiger partial charge in [-0.3, -0.25) is 9.69 Å². The average molecular weight is 759 g/mol. The molecular weight excluding hydrogens is 716 g/mol. The number of piperazine rings is 1. The van der Waals surface area contributed by atoms with Crippen LogP contribution < -0.4 is 14.4 Å². The number of hydrogen-bond donors (Lipinski definition) is 2. The molecule has 54 heavy (non-hydrogen) atoms. The number of carbonyl (C=O) groups excluding carboxylic acids is 1. The standard InChI is InChI=1S/C44H43ClN4O4S/c1-44(2)19-17-34(40(28-44)31-7-10-35(45)11-8-31)29-48-21-23-49(24-22-48)36-12-15-39(42(27-36)53-37-13-16-41-33(25-37)18-20-46-41)43(50)47-54(51,52)38-14-9-30-5-3-4-6-32(30)26-38/h3-16,18,20,25-27,46H,17,19,21-24,28-29H2,1-2H3,(H,47,50). The highest BCUT2D eigenvalue weighted by molar-refractivity contribution is 7.90. The topological polar surface area (TPSA) is 94.7 Å². The van der Waals surface area contributed by atoms with Gasteiger partial charge in [0, 0.05) is 66.6 Å². The Morgan fingerprint density at radius 1 is 0.852 bits per heavy atom. The highest BCUT2D eigenvalue weighted by Crippen LogP contribution is 2.43. The van der Waals surface area contributed by atoms with Crippen LogP contribution in [0.5, 0.6) is 11.5 Å². The zero-order valence-corrected chi connectivity index (χ0v) is 32.0. The second-order valence-corrected chi connectivity index (χ2v) is 17.3. The van der Waals surface area contributed by atoms with Crippen LogP contribution in [0.1, 0.15) is 49.0 Å². The van der Waals surface area contributed by atoms with Crippen molar-refractivity contribution < 1.29 is 17.9 Å². The average Bonchev–Trinajstić information content (AvgIpc) is 3.64. The van der Waals surface area contributed by atoms with Crippen LogP contribution in [-0.2, 0) is 10.0 Å². The van der Waals surface area contributed by atoms with Crippen molar-refractivity contribution in [3.05, 3.63) is 137 Å². The molecule has 1 fully saturated rings. The van der Waals surface area contributed by atoms with Gasteiger partial charge in [-0.05, 0) is 107 Å². The van der Waals surface area contributed by atoms with E-state index in [4.69, 9.17) is 16.3 Å². The molecule has 1 aliphatic heterocycles. The fourth-order valence-corrected chi connectivity index (χ4v) is 8.80. The number of anilines is 1. The summed E-state index contributed by atoms with van der Waals surface area (Å²) >= 11 is 6.24. The normalized spacial score (nSPS) is 16.5. The molecule has 8 rings (SSSR count). The molecule has 1 amide bonds. The number of ether oxygens (including phenoxy) is 1. The minimum atomic E-state index is -4.17. The number of nitrogens with zero attached hydrogens (tertiary/aromatic N) is 2. The fraction of sp³-hybridized carbons (Fsp3) is 0.250. The van der Waals surface area contributed by atoms with Gasteiger partial charge in [-0.2, -0.15) is 0 Å². The molecule has 10 heteroatoms. The van der Waals surface area contributed by atoms with Gasteiger partial charge in [0.15, 0.2) is 0 Å². The van der Waals surface area contributed by atoms with Crippen LogP contribution in [0.15, 0.2) is 126 Å². The second kappa shape index (κ2) is 14.6. The van der Waals surface area contributed by atoms with Crippen molar-refractivity contribution in [2.45, 2.75) is 38.0 Å². The summed E-state index contributed by atoms with van der Waals surface area (Å²) in [5.41, 5.74) is 6.46. The third-order valence-corrected chi connectivity index (χ3v) is 12.3. The predicted octanol–water partition coefficient (Wildman–Crippen LogP) is 9.67. The first-order chi connectivity index (χ1) is 26.0. The molecule has 1 aliphatic carbocycles. The van der Waals surface area contributed by atoms with E-state index in [1.54, 1.807) is 18.2 Å². The van der Waals surface area contributed by atoms with E-state index in [0.717, 1.165) is 78.0 Å². The summed E-state index contributed by atoms with van der Waals surface area (Å²) in [5, 5.41) is 3.39. The van der Waals surface area contributed by atoms with E-state index in [1.165, 1.54) is 29.2 Å². The first-order valence-electron chi connectivity index (χ1n) is 18.4. The monoisotopic (exact) mass is 758 g/mol. The Balaban J connectivity index is 1.03. The number of fused-ring (bicyclic) bond motifs is 2. The lowest BCUT2D eigenvalue weighted by molar-refractivity contribution is 0.0979. The van der Waals surface area contributed by atoms with Gasteiger partial charge in [-0.25, -0.2) is 13.1 Å². The molecule has 2 heterocycles. The molecule has 6 aromatic rings. The summed E-state index contributed by atoms with van der Waals surface area (Å²) in [6.07, 6.45) is 5.16. The Bertz CT molecular complexity index is 2500. The highest BCUT2D eigenvalue weighted by atomic mass is 35.5. The molecule has 8 nitrogen and oxygen atoms in total. The summed E-state index contributed by atoms with van der Waals surface area (Å²) in [7, 11) is -4.17. The van der Waals surface area contributed by atoms with Gasteiger partial charge in [-0.1, -0.05) is 73.5 Å². The van der Waals surface area contributed by atoms with Crippen LogP contribution in [0, 0.1) is 5.41 Å². The lowest BCUT2D eigenvalue weighted by atomic mass is 9.72. The maximum absolute atomic E-state index is 13.8. The van der Waals surface area contributed by atoms with Crippen molar-refractivity contribution >= 4 is 60.5 Å². The van der Waals surface area contributed by atoms with E-state index in [-0.39, 0.29) is 21.6 Å². The van der Waals surface area contributed by atoms with Gasteiger partial charge in [0.2, 0.25) is 0 Å². The van der Waals surface area contributed by atoms with Crippen molar-refractivity contribution in [1.29, 1.82) is 0 Å². The number of aromatic amines is 1. The molecule has 2 N–H and O–H groups in total. The number of carbonyl (C=O) groups is 1. The predicted molar refractivity (Wildman–Crippen MR) is 218 cm³/mol. The molecule has 276 valence electrons. The van der Waals surface area contributed by atoms with E-state index >= 15 is 0 Å². The summed E-state index contributed by atoms with van der Waals surface area (Å²) in [4.78, 5) is 21.8. The Labute approximate surface area is 321 Å². The molecule has 0 saturated carbocycles. The summed E-state index contributed by atoms with van der Waals surface area (Å²) in [6, 6.07) is 33.5. The summed E-state index contributed by atoms with van der Waals surface area (Å²) in [6.45, 7) is 9.00. The molecular formula is C44H43ClN4O4S. The maximum atomic E-state index is 13.8. The molecule has 0 atom stereocenters. The van der Waals surface area contributed by atoms with Crippen molar-refractivity contribution in [2.75, 3.05) is 37.6 Å². The van der Waals surface area contributed by atoms with Crippen LogP contribution in [0.25, 0.3) is 27.2 Å². The number of sulfonamides is 1. The van der Waals surface area contributed by atoms with Gasteiger partial charge in [0.1, 0.15) is 11.5 Å². The number of rotatable bonds is 9. The number of nitrogens with one attached hydrogen (secondary N) is 2. The lowest BCUT2D eigenvalue weighted by Crippen LogP contribution is -2.47. The Morgan fingerprint density at radius 2 is 1.63 bits per heavy atom. The number of amides is 1. The fourth-order valence-electron chi connectivity index (χ4n) is 7.67. The zero-order chi connectivity index (χ0) is 37.5. The van der Waals surface area contributed by atoms with Gasteiger partial charge in [0.25, 0.3) is 15.9 Å². The van der Waals surface area contributed by atoms with Crippen molar-refractivity contribution in [3.63, 3.8) is 0 Å². The molecule has 1 saturated heterocycles. The molecule has 0 radical (unpaired) electrons. The van der Waals surface area contributed by atoms with Crippen molar-refractivity contribution in [3.8, 4) is 11.5 Å². The third kappa shape index (κ3) is 7.76. The largest absolute Gasteiger partial charge is 0.456 e. The Morgan fingerprint density at radius 3 is 2.43 bits per heavy atom. The molecule has 0 unspecified atom stereocenters. The number of allylic oxidation sites excluding steroid dienone is 1. The van der Waals surface area contributed by atoms with Gasteiger partial charge < -0.3 is 14.6 Å². The molecule has 2 aliphatic rings. The SMILES string of the molecule is CC1(C)CCC(CN2CCN(c3ccc(C(=O)NS(=O)(=O)c4ccc5ccccc5c4)c(Oc4ccc5[nH]ccc5c4)c3)CC2)=C(c2ccc(Cl)cc2)C1. The third-order valence-electron chi connectivity index (χ3n) is 10.8. The van der Waals surface area contributed by atoms with Crippen molar-refractivity contribution in [1.82, 2.24) is 14.6 Å². The van der Waals surface area contributed by atoms with Crippen molar-refractivity contribution in [2.24, 2.45) is 5.41 Å². The minimum Gasteiger partial charge on any atom is -0.456 e. The van der Waals surface area contributed by atoms with Crippen LogP contribution in [0.3, 0.4) is 0 Å². The van der Waals surface area contributed by atoms with Crippen LogP contribution in [0.4, 0.5) is 5.69 Å². The second-order valence-electron chi connectivity index (χ2n) is 15.1. The number of H-pyrrole nitrogens is 1. The van der Waals surface area contributed by atoms with E-state index in [2.05, 4.69) is 45.5 Å². The zero-order valence-electron chi connectivity index (χ0n) is 30.4. The number of aromatic nitrogens is 1. The molecule has 0 spiro atoms. The van der Waals surface area contributed by atoms with Gasteiger partial charge in [0.05, 0.1) is 10.5 Å². The quantitative estimate of drug-likeness (QED) is 0.153. The van der Waals surface area contributed by atoms with Gasteiger partial charge in [-0.15, -0.1) is 0 Å². The highest BCUT2D eigenvalue weighted by Gasteiger charge is 2.30. The summed E-state index contributed by atoms with van der Waals surface area (Å²) < 4.78 is 35.6. The summed E-state index contributed by atoms with van der Waals surface area (Å²) in [5.74, 6) is 0.0483. The lowest BCUT2D eigenvalue weighted by Gasteiger charge is -2.39. The van der Waals surface area contributed by atoms with Gasteiger partial charge >= 0.3 is 0 Å². The Kier molecular flexibility index (Phi) is 9.73. The smallest absolute Gasteiger partial charge is 0.268 e.